The first-order chi connectivity index (χ1) is 15.8. The van der Waals surface area contributed by atoms with Crippen LogP contribution in [-0.2, 0) is 11.0 Å². The molecule has 2 aliphatic heterocycles. The lowest BCUT2D eigenvalue weighted by Gasteiger charge is -2.32. The second-order valence-electron chi connectivity index (χ2n) is 9.85. The molecule has 0 bridgehead atoms. The average Bonchev–Trinajstić information content (AvgIpc) is 3.44. The number of carbonyl (C=O) groups is 1. The summed E-state index contributed by atoms with van der Waals surface area (Å²) < 4.78 is 40.5. The van der Waals surface area contributed by atoms with Crippen molar-refractivity contribution in [3.8, 4) is 0 Å². The molecule has 3 atom stereocenters. The molecule has 1 amide bonds. The number of amides is 1. The van der Waals surface area contributed by atoms with E-state index in [4.69, 9.17) is 0 Å². The average molecular weight is 462 g/mol. The summed E-state index contributed by atoms with van der Waals surface area (Å²) in [5.41, 5.74) is -0.146. The Morgan fingerprint density at radius 2 is 2.00 bits per heavy atom. The van der Waals surface area contributed by atoms with Gasteiger partial charge in [-0.25, -0.2) is 0 Å². The van der Waals surface area contributed by atoms with Crippen molar-refractivity contribution in [3.05, 3.63) is 30.1 Å². The van der Waals surface area contributed by atoms with Crippen LogP contribution < -0.4 is 15.5 Å². The van der Waals surface area contributed by atoms with Gasteiger partial charge < -0.3 is 15.5 Å². The SMILES string of the molecule is CCCC1CC(NC(=O)C2CN(c3ccc(C(F)(F)F)c4nccnc34)CC23CC3)CCN1. The normalized spacial score (nSPS) is 26.7. The van der Waals surface area contributed by atoms with Crippen LogP contribution in [0.2, 0.25) is 0 Å². The minimum atomic E-state index is -4.50. The summed E-state index contributed by atoms with van der Waals surface area (Å²) in [4.78, 5) is 23.6. The van der Waals surface area contributed by atoms with E-state index in [1.165, 1.54) is 18.5 Å². The van der Waals surface area contributed by atoms with Crippen LogP contribution in [0.5, 0.6) is 0 Å². The van der Waals surface area contributed by atoms with Crippen molar-refractivity contribution in [2.24, 2.45) is 11.3 Å². The predicted octanol–water partition coefficient (Wildman–Crippen LogP) is 3.90. The fourth-order valence-corrected chi connectivity index (χ4v) is 5.71. The highest BCUT2D eigenvalue weighted by molar-refractivity contribution is 5.92. The van der Waals surface area contributed by atoms with Crippen LogP contribution in [0.15, 0.2) is 24.5 Å². The zero-order valence-corrected chi connectivity index (χ0v) is 18.8. The number of hydrogen-bond acceptors (Lipinski definition) is 5. The van der Waals surface area contributed by atoms with Crippen molar-refractivity contribution < 1.29 is 18.0 Å². The molecule has 178 valence electrons. The van der Waals surface area contributed by atoms with Gasteiger partial charge in [-0.05, 0) is 50.8 Å². The molecule has 3 fully saturated rings. The first-order valence-electron chi connectivity index (χ1n) is 11.9. The molecule has 1 aromatic carbocycles. The predicted molar refractivity (Wildman–Crippen MR) is 120 cm³/mol. The molecule has 0 radical (unpaired) electrons. The molecule has 6 nitrogen and oxygen atoms in total. The number of anilines is 1. The minimum Gasteiger partial charge on any atom is -0.368 e. The first-order valence-corrected chi connectivity index (χ1v) is 11.9. The van der Waals surface area contributed by atoms with E-state index in [0.29, 0.717) is 24.8 Å². The van der Waals surface area contributed by atoms with Crippen molar-refractivity contribution >= 4 is 22.6 Å². The second kappa shape index (κ2) is 8.42. The van der Waals surface area contributed by atoms with Crippen LogP contribution in [0, 0.1) is 11.3 Å². The summed E-state index contributed by atoms with van der Waals surface area (Å²) in [7, 11) is 0. The summed E-state index contributed by atoms with van der Waals surface area (Å²) in [6.07, 6.45) is 4.24. The largest absolute Gasteiger partial charge is 0.418 e. The van der Waals surface area contributed by atoms with Gasteiger partial charge >= 0.3 is 6.18 Å². The third-order valence-corrected chi connectivity index (χ3v) is 7.58. The Labute approximate surface area is 191 Å². The van der Waals surface area contributed by atoms with E-state index in [1.54, 1.807) is 0 Å². The maximum absolute atomic E-state index is 13.5. The van der Waals surface area contributed by atoms with Crippen molar-refractivity contribution in [1.29, 1.82) is 0 Å². The Kier molecular flexibility index (Phi) is 5.71. The molecule has 1 aromatic heterocycles. The smallest absolute Gasteiger partial charge is 0.368 e. The van der Waals surface area contributed by atoms with E-state index in [0.717, 1.165) is 51.1 Å². The summed E-state index contributed by atoms with van der Waals surface area (Å²) in [6, 6.07) is 3.19. The van der Waals surface area contributed by atoms with Gasteiger partial charge in [0.15, 0.2) is 0 Å². The third-order valence-electron chi connectivity index (χ3n) is 7.58. The van der Waals surface area contributed by atoms with E-state index in [-0.39, 0.29) is 34.3 Å². The molecule has 1 saturated carbocycles. The number of alkyl halides is 3. The van der Waals surface area contributed by atoms with Gasteiger partial charge in [0.25, 0.3) is 0 Å². The molecule has 3 heterocycles. The number of nitrogens with zero attached hydrogens (tertiary/aromatic N) is 3. The van der Waals surface area contributed by atoms with Crippen LogP contribution in [0.25, 0.3) is 11.0 Å². The highest BCUT2D eigenvalue weighted by Crippen LogP contribution is 2.57. The number of nitrogens with one attached hydrogen (secondary N) is 2. The first kappa shape index (κ1) is 22.4. The van der Waals surface area contributed by atoms with Gasteiger partial charge in [0, 0.05) is 43.0 Å². The van der Waals surface area contributed by atoms with Crippen LogP contribution in [0.1, 0.15) is 51.0 Å². The number of rotatable bonds is 5. The minimum absolute atomic E-state index is 0.0828. The summed E-state index contributed by atoms with van der Waals surface area (Å²) in [5.74, 6) is -0.0783. The zero-order chi connectivity index (χ0) is 23.2. The van der Waals surface area contributed by atoms with Crippen molar-refractivity contribution in [1.82, 2.24) is 20.6 Å². The Morgan fingerprint density at radius 1 is 1.24 bits per heavy atom. The van der Waals surface area contributed by atoms with Gasteiger partial charge in [-0.3, -0.25) is 14.8 Å². The third kappa shape index (κ3) is 4.27. The molecule has 33 heavy (non-hydrogen) atoms. The van der Waals surface area contributed by atoms with E-state index in [9.17, 15) is 18.0 Å². The van der Waals surface area contributed by atoms with Gasteiger partial charge in [0.1, 0.15) is 11.0 Å². The van der Waals surface area contributed by atoms with E-state index >= 15 is 0 Å². The van der Waals surface area contributed by atoms with Crippen molar-refractivity contribution in [2.45, 2.75) is 63.7 Å². The summed E-state index contributed by atoms with van der Waals surface area (Å²) in [6.45, 7) is 4.23. The highest BCUT2D eigenvalue weighted by Gasteiger charge is 2.58. The number of benzene rings is 1. The summed E-state index contributed by atoms with van der Waals surface area (Å²) in [5, 5.41) is 6.83. The molecule has 3 unspecified atom stereocenters. The quantitative estimate of drug-likeness (QED) is 0.707. The second-order valence-corrected chi connectivity index (χ2v) is 9.85. The fraction of sp³-hybridized carbons (Fsp3) is 0.625. The molecule has 2 saturated heterocycles. The highest BCUT2D eigenvalue weighted by atomic mass is 19.4. The topological polar surface area (TPSA) is 70.2 Å². The molecular formula is C24H30F3N5O. The van der Waals surface area contributed by atoms with Crippen molar-refractivity contribution in [3.63, 3.8) is 0 Å². The maximum Gasteiger partial charge on any atom is 0.418 e. The van der Waals surface area contributed by atoms with Crippen LogP contribution in [-0.4, -0.2) is 47.6 Å². The number of fused-ring (bicyclic) bond motifs is 1. The molecule has 3 aliphatic rings. The molecular weight excluding hydrogens is 431 g/mol. The lowest BCUT2D eigenvalue weighted by Crippen LogP contribution is -2.50. The van der Waals surface area contributed by atoms with Crippen LogP contribution >= 0.6 is 0 Å². The fourth-order valence-electron chi connectivity index (χ4n) is 5.71. The van der Waals surface area contributed by atoms with Gasteiger partial charge in [-0.2, -0.15) is 13.2 Å². The molecule has 2 aromatic rings. The van der Waals surface area contributed by atoms with E-state index in [2.05, 4.69) is 27.5 Å². The number of halogens is 3. The Hall–Kier alpha value is -2.42. The Balaban J connectivity index is 1.36. The monoisotopic (exact) mass is 461 g/mol. The van der Waals surface area contributed by atoms with Crippen LogP contribution in [0.3, 0.4) is 0 Å². The zero-order valence-electron chi connectivity index (χ0n) is 18.8. The molecule has 1 aliphatic carbocycles. The molecule has 2 N–H and O–H groups in total. The number of hydrogen-bond donors (Lipinski definition) is 2. The van der Waals surface area contributed by atoms with Crippen LogP contribution in [0.4, 0.5) is 18.9 Å². The Morgan fingerprint density at radius 3 is 2.70 bits per heavy atom. The van der Waals surface area contributed by atoms with Crippen molar-refractivity contribution in [2.75, 3.05) is 24.5 Å². The molecule has 9 heteroatoms. The van der Waals surface area contributed by atoms with E-state index in [1.807, 2.05) is 4.90 Å². The van der Waals surface area contributed by atoms with Gasteiger partial charge in [0.2, 0.25) is 5.91 Å². The number of carbonyl (C=O) groups excluding carboxylic acids is 1. The van der Waals surface area contributed by atoms with Gasteiger partial charge in [-0.15, -0.1) is 0 Å². The van der Waals surface area contributed by atoms with E-state index < -0.39 is 11.7 Å². The summed E-state index contributed by atoms with van der Waals surface area (Å²) >= 11 is 0. The molecule has 1 spiro atoms. The van der Waals surface area contributed by atoms with Gasteiger partial charge in [0.05, 0.1) is 17.2 Å². The van der Waals surface area contributed by atoms with Gasteiger partial charge in [-0.1, -0.05) is 13.3 Å². The lowest BCUT2D eigenvalue weighted by atomic mass is 9.90. The number of aromatic nitrogens is 2. The number of piperidine rings is 1. The molecule has 5 rings (SSSR count). The lowest BCUT2D eigenvalue weighted by molar-refractivity contribution is -0.136. The maximum atomic E-state index is 13.5. The standard InChI is InChI=1S/C24H30F3N5O/c1-2-3-15-12-16(6-9-28-15)31-22(33)18-13-32(14-23(18)7-8-23)19-5-4-17(24(25,26)27)20-21(19)30-11-10-29-20/h4-5,10-11,15-16,18,28H,2-3,6-9,12-14H2,1H3,(H,31,33). The Bertz CT molecular complexity index is 1040.